The third-order valence-electron chi connectivity index (χ3n) is 3.03. The third kappa shape index (κ3) is 2.73. The first-order chi connectivity index (χ1) is 11.0. The number of aromatic nitrogens is 3. The number of anilines is 1. The SMILES string of the molecule is COc1ccc(-n2nc(C(=O)O)c3sc(NC(C)=O)nc32)cc1. The van der Waals surface area contributed by atoms with E-state index in [9.17, 15) is 14.7 Å². The molecule has 0 spiro atoms. The number of hydrogen-bond donors (Lipinski definition) is 2. The van der Waals surface area contributed by atoms with Crippen LogP contribution in [0.25, 0.3) is 16.0 Å². The van der Waals surface area contributed by atoms with E-state index in [2.05, 4.69) is 15.4 Å². The Morgan fingerprint density at radius 3 is 2.57 bits per heavy atom. The summed E-state index contributed by atoms with van der Waals surface area (Å²) in [6, 6.07) is 6.97. The van der Waals surface area contributed by atoms with Gasteiger partial charge in [-0.05, 0) is 24.3 Å². The van der Waals surface area contributed by atoms with Crippen LogP contribution in [0.2, 0.25) is 0 Å². The number of fused-ring (bicyclic) bond motifs is 1. The smallest absolute Gasteiger partial charge is 0.358 e. The van der Waals surface area contributed by atoms with Gasteiger partial charge in [0.1, 0.15) is 10.4 Å². The molecule has 0 unspecified atom stereocenters. The number of ether oxygens (including phenoxy) is 1. The summed E-state index contributed by atoms with van der Waals surface area (Å²) in [6.07, 6.45) is 0. The Bertz CT molecular complexity index is 898. The number of aromatic carboxylic acids is 1. The molecular weight excluding hydrogens is 320 g/mol. The van der Waals surface area contributed by atoms with E-state index in [0.717, 1.165) is 11.3 Å². The lowest BCUT2D eigenvalue weighted by Gasteiger charge is -2.03. The standard InChI is InChI=1S/C14H12N4O4S/c1-7(19)15-14-16-12-11(23-14)10(13(20)21)17-18(12)8-3-5-9(22-2)6-4-8/h3-6H,1-2H3,(H,20,21)(H,15,16,19). The molecular formula is C14H12N4O4S. The summed E-state index contributed by atoms with van der Waals surface area (Å²) >= 11 is 1.07. The fourth-order valence-corrected chi connectivity index (χ4v) is 3.02. The molecule has 0 saturated carbocycles. The van der Waals surface area contributed by atoms with Crippen molar-refractivity contribution in [3.8, 4) is 11.4 Å². The highest BCUT2D eigenvalue weighted by Gasteiger charge is 2.22. The third-order valence-corrected chi connectivity index (χ3v) is 3.99. The van der Waals surface area contributed by atoms with Crippen LogP contribution in [-0.2, 0) is 4.79 Å². The van der Waals surface area contributed by atoms with Crippen LogP contribution in [0.3, 0.4) is 0 Å². The summed E-state index contributed by atoms with van der Waals surface area (Å²) in [5, 5.41) is 16.3. The molecule has 0 atom stereocenters. The van der Waals surface area contributed by atoms with E-state index in [4.69, 9.17) is 4.74 Å². The largest absolute Gasteiger partial charge is 0.497 e. The molecule has 3 aromatic rings. The second kappa shape index (κ2) is 5.69. The Hall–Kier alpha value is -2.94. The van der Waals surface area contributed by atoms with Crippen LogP contribution >= 0.6 is 11.3 Å². The fourth-order valence-electron chi connectivity index (χ4n) is 2.05. The van der Waals surface area contributed by atoms with Gasteiger partial charge in [0.15, 0.2) is 16.5 Å². The number of methoxy groups -OCH3 is 1. The van der Waals surface area contributed by atoms with Crippen LogP contribution in [0, 0.1) is 0 Å². The number of nitrogens with zero attached hydrogens (tertiary/aromatic N) is 3. The van der Waals surface area contributed by atoms with Gasteiger partial charge < -0.3 is 15.2 Å². The Labute approximate surface area is 134 Å². The summed E-state index contributed by atoms with van der Waals surface area (Å²) in [5.74, 6) is -0.754. The highest BCUT2D eigenvalue weighted by Crippen LogP contribution is 2.31. The molecule has 23 heavy (non-hydrogen) atoms. The quantitative estimate of drug-likeness (QED) is 0.758. The van der Waals surface area contributed by atoms with Crippen LogP contribution in [0.1, 0.15) is 17.4 Å². The Kier molecular flexibility index (Phi) is 3.70. The average molecular weight is 332 g/mol. The molecule has 0 saturated heterocycles. The van der Waals surface area contributed by atoms with Crippen molar-refractivity contribution >= 4 is 38.7 Å². The molecule has 2 N–H and O–H groups in total. The molecule has 0 aliphatic heterocycles. The molecule has 1 amide bonds. The molecule has 9 heteroatoms. The topological polar surface area (TPSA) is 106 Å². The minimum absolute atomic E-state index is 0.107. The zero-order valence-corrected chi connectivity index (χ0v) is 13.0. The van der Waals surface area contributed by atoms with Crippen LogP contribution < -0.4 is 10.1 Å². The van der Waals surface area contributed by atoms with Gasteiger partial charge in [-0.3, -0.25) is 4.79 Å². The van der Waals surface area contributed by atoms with Gasteiger partial charge >= 0.3 is 5.97 Å². The molecule has 8 nitrogen and oxygen atoms in total. The second-order valence-electron chi connectivity index (χ2n) is 4.62. The molecule has 0 bridgehead atoms. The maximum atomic E-state index is 11.4. The number of benzene rings is 1. The Morgan fingerprint density at radius 1 is 1.30 bits per heavy atom. The summed E-state index contributed by atoms with van der Waals surface area (Å²) in [5.41, 5.74) is 0.911. The van der Waals surface area contributed by atoms with Gasteiger partial charge in [0.25, 0.3) is 0 Å². The first kappa shape index (κ1) is 15.0. The van der Waals surface area contributed by atoms with Gasteiger partial charge in [0.2, 0.25) is 5.91 Å². The van der Waals surface area contributed by atoms with Crippen LogP contribution in [0.15, 0.2) is 24.3 Å². The summed E-state index contributed by atoms with van der Waals surface area (Å²) in [4.78, 5) is 26.8. The van der Waals surface area contributed by atoms with Crippen molar-refractivity contribution < 1.29 is 19.4 Å². The molecule has 0 radical (unpaired) electrons. The number of carboxylic acid groups (broad SMARTS) is 1. The highest BCUT2D eigenvalue weighted by molar-refractivity contribution is 7.22. The van der Waals surface area contributed by atoms with Gasteiger partial charge in [-0.2, -0.15) is 10.1 Å². The van der Waals surface area contributed by atoms with Crippen molar-refractivity contribution in [2.24, 2.45) is 0 Å². The molecule has 2 heterocycles. The molecule has 1 aromatic carbocycles. The van der Waals surface area contributed by atoms with Gasteiger partial charge in [-0.25, -0.2) is 9.48 Å². The summed E-state index contributed by atoms with van der Waals surface area (Å²) in [7, 11) is 1.56. The second-order valence-corrected chi connectivity index (χ2v) is 5.62. The van der Waals surface area contributed by atoms with E-state index in [-0.39, 0.29) is 11.6 Å². The molecule has 118 valence electrons. The molecule has 0 aliphatic carbocycles. The van der Waals surface area contributed by atoms with Crippen LogP contribution in [0.4, 0.5) is 5.13 Å². The van der Waals surface area contributed by atoms with Crippen LogP contribution in [0.5, 0.6) is 5.75 Å². The maximum absolute atomic E-state index is 11.4. The summed E-state index contributed by atoms with van der Waals surface area (Å²) in [6.45, 7) is 1.36. The average Bonchev–Trinajstić information content (AvgIpc) is 3.04. The van der Waals surface area contributed by atoms with E-state index >= 15 is 0 Å². The van der Waals surface area contributed by atoms with Gasteiger partial charge in [-0.1, -0.05) is 11.3 Å². The van der Waals surface area contributed by atoms with Gasteiger partial charge in [0, 0.05) is 6.92 Å². The van der Waals surface area contributed by atoms with E-state index in [1.54, 1.807) is 31.4 Å². The molecule has 2 aromatic heterocycles. The lowest BCUT2D eigenvalue weighted by atomic mass is 10.3. The number of carboxylic acids is 1. The number of carbonyl (C=O) groups excluding carboxylic acids is 1. The lowest BCUT2D eigenvalue weighted by Crippen LogP contribution is -2.06. The van der Waals surface area contributed by atoms with Crippen molar-refractivity contribution in [3.63, 3.8) is 0 Å². The van der Waals surface area contributed by atoms with E-state index < -0.39 is 5.97 Å². The first-order valence-electron chi connectivity index (χ1n) is 6.54. The monoisotopic (exact) mass is 332 g/mol. The number of amides is 1. The Balaban J connectivity index is 2.16. The summed E-state index contributed by atoms with van der Waals surface area (Å²) < 4.78 is 6.93. The number of thiazole rings is 1. The maximum Gasteiger partial charge on any atom is 0.358 e. The van der Waals surface area contributed by atoms with Crippen molar-refractivity contribution in [3.05, 3.63) is 30.0 Å². The zero-order valence-electron chi connectivity index (χ0n) is 12.2. The fraction of sp³-hybridized carbons (Fsp3) is 0.143. The molecule has 3 rings (SSSR count). The Morgan fingerprint density at radius 2 is 2.00 bits per heavy atom. The number of carbonyl (C=O) groups is 2. The minimum atomic E-state index is -1.15. The van der Waals surface area contributed by atoms with Crippen molar-refractivity contribution in [1.29, 1.82) is 0 Å². The van der Waals surface area contributed by atoms with Crippen molar-refractivity contribution in [1.82, 2.24) is 14.8 Å². The van der Waals surface area contributed by atoms with Crippen molar-refractivity contribution in [2.45, 2.75) is 6.92 Å². The number of nitrogens with one attached hydrogen (secondary N) is 1. The predicted molar refractivity (Wildman–Crippen MR) is 84.6 cm³/mol. The predicted octanol–water partition coefficient (Wildman–Crippen LogP) is 2.15. The molecule has 0 fully saturated rings. The van der Waals surface area contributed by atoms with Gasteiger partial charge in [-0.15, -0.1) is 0 Å². The van der Waals surface area contributed by atoms with E-state index in [1.165, 1.54) is 11.6 Å². The molecule has 0 aliphatic rings. The van der Waals surface area contributed by atoms with Crippen molar-refractivity contribution in [2.75, 3.05) is 12.4 Å². The first-order valence-corrected chi connectivity index (χ1v) is 7.36. The lowest BCUT2D eigenvalue weighted by molar-refractivity contribution is -0.114. The normalized spacial score (nSPS) is 10.7. The van der Waals surface area contributed by atoms with E-state index in [0.29, 0.717) is 26.9 Å². The number of hydrogen-bond acceptors (Lipinski definition) is 6. The zero-order chi connectivity index (χ0) is 16.6. The minimum Gasteiger partial charge on any atom is -0.497 e. The number of rotatable bonds is 4. The van der Waals surface area contributed by atoms with Gasteiger partial charge in [0.05, 0.1) is 12.8 Å². The highest BCUT2D eigenvalue weighted by atomic mass is 32.1. The van der Waals surface area contributed by atoms with Crippen LogP contribution in [-0.4, -0.2) is 38.9 Å². The van der Waals surface area contributed by atoms with E-state index in [1.807, 2.05) is 0 Å².